The standard InChI is InChI=1S/C15H26O2/c1-14-10-8-6-4-2-3-5-7-9-11-15(16)17-13-12-14/h6,8,14H,2-5,7,9-13H2,1H3/b8-6-/t14-/m1/s1. The fourth-order valence-electron chi connectivity index (χ4n) is 2.07. The van der Waals surface area contributed by atoms with Gasteiger partial charge in [-0.1, -0.05) is 38.3 Å². The van der Waals surface area contributed by atoms with Crippen LogP contribution < -0.4 is 0 Å². The zero-order chi connectivity index (χ0) is 12.3. The molecule has 0 spiro atoms. The van der Waals surface area contributed by atoms with Crippen LogP contribution >= 0.6 is 0 Å². The molecule has 0 aliphatic carbocycles. The van der Waals surface area contributed by atoms with Crippen molar-refractivity contribution in [2.24, 2.45) is 5.92 Å². The molecule has 0 saturated carbocycles. The third kappa shape index (κ3) is 8.00. The summed E-state index contributed by atoms with van der Waals surface area (Å²) in [7, 11) is 0. The highest BCUT2D eigenvalue weighted by molar-refractivity contribution is 5.69. The van der Waals surface area contributed by atoms with E-state index < -0.39 is 0 Å². The SMILES string of the molecule is C[C@@H]1C/C=C\CCCCCCCC(=O)OCC1. The number of carbonyl (C=O) groups is 1. The third-order valence-corrected chi connectivity index (χ3v) is 3.33. The van der Waals surface area contributed by atoms with Gasteiger partial charge >= 0.3 is 5.97 Å². The monoisotopic (exact) mass is 238 g/mol. The van der Waals surface area contributed by atoms with Gasteiger partial charge in [-0.05, 0) is 38.0 Å². The Labute approximate surface area is 105 Å². The van der Waals surface area contributed by atoms with Crippen LogP contribution in [-0.2, 0) is 9.53 Å². The highest BCUT2D eigenvalue weighted by Crippen LogP contribution is 2.12. The zero-order valence-corrected chi connectivity index (χ0v) is 11.1. The maximum Gasteiger partial charge on any atom is 0.305 e. The molecular weight excluding hydrogens is 212 g/mol. The van der Waals surface area contributed by atoms with Crippen LogP contribution in [0, 0.1) is 5.92 Å². The van der Waals surface area contributed by atoms with Crippen molar-refractivity contribution in [3.05, 3.63) is 12.2 Å². The molecule has 1 rings (SSSR count). The molecule has 0 fully saturated rings. The molecule has 98 valence electrons. The lowest BCUT2D eigenvalue weighted by Crippen LogP contribution is -2.08. The maximum absolute atomic E-state index is 11.4. The highest BCUT2D eigenvalue weighted by Gasteiger charge is 2.05. The second-order valence-electron chi connectivity index (χ2n) is 5.13. The molecular formula is C15H26O2. The van der Waals surface area contributed by atoms with Crippen molar-refractivity contribution in [1.29, 1.82) is 0 Å². The van der Waals surface area contributed by atoms with Gasteiger partial charge in [0.1, 0.15) is 0 Å². The lowest BCUT2D eigenvalue weighted by Gasteiger charge is -2.09. The van der Waals surface area contributed by atoms with E-state index in [-0.39, 0.29) is 5.97 Å². The van der Waals surface area contributed by atoms with Crippen LogP contribution in [-0.4, -0.2) is 12.6 Å². The number of carbonyl (C=O) groups excluding carboxylic acids is 1. The van der Waals surface area contributed by atoms with E-state index in [1.807, 2.05) is 0 Å². The Morgan fingerprint density at radius 3 is 2.76 bits per heavy atom. The van der Waals surface area contributed by atoms with Crippen molar-refractivity contribution in [3.8, 4) is 0 Å². The van der Waals surface area contributed by atoms with Gasteiger partial charge in [0.2, 0.25) is 0 Å². The molecule has 0 aromatic carbocycles. The van der Waals surface area contributed by atoms with Gasteiger partial charge in [-0.3, -0.25) is 4.79 Å². The van der Waals surface area contributed by atoms with E-state index in [0.717, 1.165) is 25.7 Å². The molecule has 2 heteroatoms. The molecule has 1 atom stereocenters. The Morgan fingerprint density at radius 2 is 1.88 bits per heavy atom. The molecule has 0 amide bonds. The first-order valence-electron chi connectivity index (χ1n) is 7.09. The fourth-order valence-corrected chi connectivity index (χ4v) is 2.07. The Balaban J connectivity index is 2.29. The number of cyclic esters (lactones) is 1. The van der Waals surface area contributed by atoms with E-state index in [1.165, 1.54) is 25.7 Å². The van der Waals surface area contributed by atoms with E-state index in [1.54, 1.807) is 0 Å². The zero-order valence-electron chi connectivity index (χ0n) is 11.1. The summed E-state index contributed by atoms with van der Waals surface area (Å²) >= 11 is 0. The van der Waals surface area contributed by atoms with Crippen molar-refractivity contribution < 1.29 is 9.53 Å². The second kappa shape index (κ2) is 9.26. The van der Waals surface area contributed by atoms with Crippen molar-refractivity contribution in [3.63, 3.8) is 0 Å². The molecule has 0 unspecified atom stereocenters. The van der Waals surface area contributed by atoms with Gasteiger partial charge in [0.15, 0.2) is 0 Å². The van der Waals surface area contributed by atoms with Gasteiger partial charge in [0, 0.05) is 6.42 Å². The summed E-state index contributed by atoms with van der Waals surface area (Å²) in [5, 5.41) is 0. The Kier molecular flexibility index (Phi) is 7.78. The van der Waals surface area contributed by atoms with Gasteiger partial charge in [-0.25, -0.2) is 0 Å². The average molecular weight is 238 g/mol. The van der Waals surface area contributed by atoms with Gasteiger partial charge in [0.25, 0.3) is 0 Å². The van der Waals surface area contributed by atoms with Crippen LogP contribution in [0.3, 0.4) is 0 Å². The molecule has 0 N–H and O–H groups in total. The lowest BCUT2D eigenvalue weighted by atomic mass is 10.0. The summed E-state index contributed by atoms with van der Waals surface area (Å²) in [6.07, 6.45) is 14.5. The van der Waals surface area contributed by atoms with Crippen LogP contribution in [0.15, 0.2) is 12.2 Å². The minimum Gasteiger partial charge on any atom is -0.466 e. The molecule has 0 bridgehead atoms. The molecule has 2 nitrogen and oxygen atoms in total. The number of hydrogen-bond acceptors (Lipinski definition) is 2. The summed E-state index contributed by atoms with van der Waals surface area (Å²) < 4.78 is 5.23. The largest absolute Gasteiger partial charge is 0.466 e. The minimum atomic E-state index is -0.0115. The number of allylic oxidation sites excluding steroid dienone is 2. The molecule has 17 heavy (non-hydrogen) atoms. The molecule has 0 aromatic rings. The number of esters is 1. The van der Waals surface area contributed by atoms with E-state index in [4.69, 9.17) is 4.74 Å². The predicted octanol–water partition coefficient (Wildman–Crippen LogP) is 4.25. The van der Waals surface area contributed by atoms with E-state index >= 15 is 0 Å². The molecule has 1 heterocycles. The first-order valence-corrected chi connectivity index (χ1v) is 7.09. The number of ether oxygens (including phenoxy) is 1. The third-order valence-electron chi connectivity index (χ3n) is 3.33. The van der Waals surface area contributed by atoms with Crippen molar-refractivity contribution in [2.75, 3.05) is 6.61 Å². The smallest absolute Gasteiger partial charge is 0.305 e. The number of hydrogen-bond donors (Lipinski definition) is 0. The van der Waals surface area contributed by atoms with Crippen molar-refractivity contribution in [2.45, 2.75) is 64.7 Å². The van der Waals surface area contributed by atoms with E-state index in [0.29, 0.717) is 18.9 Å². The minimum absolute atomic E-state index is 0.0115. The molecule has 0 saturated heterocycles. The van der Waals surface area contributed by atoms with Gasteiger partial charge in [-0.15, -0.1) is 0 Å². The highest BCUT2D eigenvalue weighted by atomic mass is 16.5. The molecule has 0 radical (unpaired) electrons. The average Bonchev–Trinajstić information content (AvgIpc) is 2.31. The van der Waals surface area contributed by atoms with Crippen LogP contribution in [0.5, 0.6) is 0 Å². The quantitative estimate of drug-likeness (QED) is 0.466. The van der Waals surface area contributed by atoms with Crippen LogP contribution in [0.2, 0.25) is 0 Å². The Bertz CT molecular complexity index is 233. The summed E-state index contributed by atoms with van der Waals surface area (Å²) in [6, 6.07) is 0. The lowest BCUT2D eigenvalue weighted by molar-refractivity contribution is -0.144. The summed E-state index contributed by atoms with van der Waals surface area (Å²) in [4.78, 5) is 11.4. The first-order chi connectivity index (χ1) is 8.29. The van der Waals surface area contributed by atoms with Crippen molar-refractivity contribution >= 4 is 5.97 Å². The Hall–Kier alpha value is -0.790. The van der Waals surface area contributed by atoms with Crippen LogP contribution in [0.4, 0.5) is 0 Å². The first kappa shape index (κ1) is 14.3. The summed E-state index contributed by atoms with van der Waals surface area (Å²) in [6.45, 7) is 2.81. The molecule has 1 aliphatic heterocycles. The van der Waals surface area contributed by atoms with Crippen LogP contribution in [0.1, 0.15) is 64.7 Å². The van der Waals surface area contributed by atoms with E-state index in [9.17, 15) is 4.79 Å². The van der Waals surface area contributed by atoms with Crippen molar-refractivity contribution in [1.82, 2.24) is 0 Å². The Morgan fingerprint density at radius 1 is 1.12 bits per heavy atom. The van der Waals surface area contributed by atoms with Gasteiger partial charge in [-0.2, -0.15) is 0 Å². The maximum atomic E-state index is 11.4. The number of rotatable bonds is 0. The topological polar surface area (TPSA) is 26.3 Å². The molecule has 1 aliphatic rings. The summed E-state index contributed by atoms with van der Waals surface area (Å²) in [5.41, 5.74) is 0. The second-order valence-corrected chi connectivity index (χ2v) is 5.13. The van der Waals surface area contributed by atoms with Gasteiger partial charge < -0.3 is 4.74 Å². The molecule has 0 aromatic heterocycles. The van der Waals surface area contributed by atoms with E-state index in [2.05, 4.69) is 19.1 Å². The van der Waals surface area contributed by atoms with Gasteiger partial charge in [0.05, 0.1) is 6.61 Å². The fraction of sp³-hybridized carbons (Fsp3) is 0.800. The normalized spacial score (nSPS) is 27.6. The van der Waals surface area contributed by atoms with Crippen LogP contribution in [0.25, 0.3) is 0 Å². The summed E-state index contributed by atoms with van der Waals surface area (Å²) in [5.74, 6) is 0.604. The predicted molar refractivity (Wildman–Crippen MR) is 70.8 cm³/mol.